The van der Waals surface area contributed by atoms with E-state index in [1.807, 2.05) is 0 Å². The Morgan fingerprint density at radius 3 is 2.67 bits per heavy atom. The van der Waals surface area contributed by atoms with Crippen molar-refractivity contribution >= 4 is 0 Å². The topological polar surface area (TPSA) is 38.5 Å². The third-order valence-corrected chi connectivity index (χ3v) is 4.28. The van der Waals surface area contributed by atoms with Gasteiger partial charge in [0.2, 0.25) is 0 Å². The Hall–Kier alpha value is -0.120. The van der Waals surface area contributed by atoms with Crippen molar-refractivity contribution in [1.82, 2.24) is 4.90 Å². The van der Waals surface area contributed by atoms with Gasteiger partial charge in [-0.2, -0.15) is 0 Å². The summed E-state index contributed by atoms with van der Waals surface area (Å²) in [7, 11) is 2.22. The molecule has 2 N–H and O–H groups in total. The molecule has 1 saturated heterocycles. The first-order valence-corrected chi connectivity index (χ1v) is 6.26. The van der Waals surface area contributed by atoms with Gasteiger partial charge in [-0.25, -0.2) is 0 Å². The third-order valence-electron chi connectivity index (χ3n) is 4.28. The highest BCUT2D eigenvalue weighted by Crippen LogP contribution is 2.30. The van der Waals surface area contributed by atoms with Crippen molar-refractivity contribution in [2.24, 2.45) is 11.7 Å². The number of likely N-dealkylation sites (N-methyl/N-ethyl adjacent to an activating group) is 1. The molecule has 1 aliphatic carbocycles. The van der Waals surface area contributed by atoms with E-state index >= 15 is 0 Å². The molecule has 0 radical (unpaired) electrons. The van der Waals surface area contributed by atoms with E-state index in [0.717, 1.165) is 32.1 Å². The zero-order chi connectivity index (χ0) is 10.7. The van der Waals surface area contributed by atoms with Crippen LogP contribution < -0.4 is 5.73 Å². The van der Waals surface area contributed by atoms with Crippen molar-refractivity contribution in [2.75, 3.05) is 33.4 Å². The Morgan fingerprint density at radius 1 is 1.40 bits per heavy atom. The Bertz CT molecular complexity index is 196. The summed E-state index contributed by atoms with van der Waals surface area (Å²) >= 11 is 0. The van der Waals surface area contributed by atoms with Crippen LogP contribution in [0.4, 0.5) is 0 Å². The van der Waals surface area contributed by atoms with Gasteiger partial charge in [-0.3, -0.25) is 4.90 Å². The highest BCUT2D eigenvalue weighted by atomic mass is 16.5. The summed E-state index contributed by atoms with van der Waals surface area (Å²) in [4.78, 5) is 2.47. The van der Waals surface area contributed by atoms with Crippen LogP contribution in [0.1, 0.15) is 32.1 Å². The summed E-state index contributed by atoms with van der Waals surface area (Å²) in [5.74, 6) is 0.902. The number of hydrogen-bond acceptors (Lipinski definition) is 3. The van der Waals surface area contributed by atoms with Gasteiger partial charge in [0.25, 0.3) is 0 Å². The molecule has 0 aromatic carbocycles. The Morgan fingerprint density at radius 2 is 2.13 bits per heavy atom. The lowest BCUT2D eigenvalue weighted by Gasteiger charge is -2.38. The quantitative estimate of drug-likeness (QED) is 0.761. The van der Waals surface area contributed by atoms with E-state index in [-0.39, 0.29) is 5.54 Å². The summed E-state index contributed by atoms with van der Waals surface area (Å²) in [5, 5.41) is 0. The van der Waals surface area contributed by atoms with Crippen molar-refractivity contribution < 1.29 is 4.74 Å². The predicted molar refractivity (Wildman–Crippen MR) is 61.8 cm³/mol. The second-order valence-electron chi connectivity index (χ2n) is 5.26. The standard InChI is InChI=1S/C12H24N2O/c1-14(8-11-4-2-3-5-11)12(9-13)6-7-15-10-12/h11H,2-10,13H2,1H3. The minimum absolute atomic E-state index is 0.141. The first-order chi connectivity index (χ1) is 7.27. The maximum atomic E-state index is 5.92. The molecule has 0 spiro atoms. The van der Waals surface area contributed by atoms with Gasteiger partial charge in [0.15, 0.2) is 0 Å². The fourth-order valence-corrected chi connectivity index (χ4v) is 2.99. The molecule has 2 rings (SSSR count). The number of ether oxygens (including phenoxy) is 1. The minimum Gasteiger partial charge on any atom is -0.379 e. The monoisotopic (exact) mass is 212 g/mol. The first kappa shape index (κ1) is 11.4. The zero-order valence-electron chi connectivity index (χ0n) is 9.87. The number of nitrogens with two attached hydrogens (primary N) is 1. The van der Waals surface area contributed by atoms with Gasteiger partial charge in [0.1, 0.15) is 0 Å². The normalized spacial score (nSPS) is 33.0. The predicted octanol–water partition coefficient (Wildman–Crippen LogP) is 1.23. The maximum absolute atomic E-state index is 5.92. The summed E-state index contributed by atoms with van der Waals surface area (Å²) in [6, 6.07) is 0. The molecule has 88 valence electrons. The van der Waals surface area contributed by atoms with Gasteiger partial charge in [-0.05, 0) is 32.2 Å². The van der Waals surface area contributed by atoms with Gasteiger partial charge in [0, 0.05) is 19.7 Å². The minimum atomic E-state index is 0.141. The molecule has 0 bridgehead atoms. The van der Waals surface area contributed by atoms with E-state index in [1.54, 1.807) is 0 Å². The Balaban J connectivity index is 1.89. The second-order valence-corrected chi connectivity index (χ2v) is 5.26. The van der Waals surface area contributed by atoms with Crippen molar-refractivity contribution in [1.29, 1.82) is 0 Å². The highest BCUT2D eigenvalue weighted by molar-refractivity contribution is 4.94. The van der Waals surface area contributed by atoms with Crippen LogP contribution in [0.25, 0.3) is 0 Å². The zero-order valence-corrected chi connectivity index (χ0v) is 9.87. The molecule has 0 amide bonds. The smallest absolute Gasteiger partial charge is 0.0663 e. The Labute approximate surface area is 93.0 Å². The van der Waals surface area contributed by atoms with E-state index in [0.29, 0.717) is 0 Å². The van der Waals surface area contributed by atoms with E-state index in [9.17, 15) is 0 Å². The molecule has 1 atom stereocenters. The molecule has 1 saturated carbocycles. The number of hydrogen-bond donors (Lipinski definition) is 1. The molecule has 3 nitrogen and oxygen atoms in total. The van der Waals surface area contributed by atoms with Crippen LogP contribution >= 0.6 is 0 Å². The first-order valence-electron chi connectivity index (χ1n) is 6.26. The van der Waals surface area contributed by atoms with E-state index < -0.39 is 0 Å². The summed E-state index contributed by atoms with van der Waals surface area (Å²) in [6.07, 6.45) is 6.76. The van der Waals surface area contributed by atoms with Crippen LogP contribution in [0, 0.1) is 5.92 Å². The van der Waals surface area contributed by atoms with Gasteiger partial charge in [-0.1, -0.05) is 12.8 Å². The SMILES string of the molecule is CN(CC1CCCC1)C1(CN)CCOC1. The summed E-state index contributed by atoms with van der Waals surface area (Å²) in [5.41, 5.74) is 6.06. The fourth-order valence-electron chi connectivity index (χ4n) is 2.99. The van der Waals surface area contributed by atoms with Gasteiger partial charge in [-0.15, -0.1) is 0 Å². The lowest BCUT2D eigenvalue weighted by Crippen LogP contribution is -2.53. The average Bonchev–Trinajstić information content (AvgIpc) is 2.87. The van der Waals surface area contributed by atoms with Crippen LogP contribution in [-0.4, -0.2) is 43.8 Å². The van der Waals surface area contributed by atoms with Gasteiger partial charge in [0.05, 0.1) is 12.1 Å². The molecule has 1 heterocycles. The molecule has 15 heavy (non-hydrogen) atoms. The number of nitrogens with zero attached hydrogens (tertiary/aromatic N) is 1. The molecule has 3 heteroatoms. The Kier molecular flexibility index (Phi) is 3.65. The highest BCUT2D eigenvalue weighted by Gasteiger charge is 2.38. The van der Waals surface area contributed by atoms with Crippen LogP contribution in [-0.2, 0) is 4.74 Å². The largest absolute Gasteiger partial charge is 0.379 e. The lowest BCUT2D eigenvalue weighted by molar-refractivity contribution is 0.0814. The summed E-state index contributed by atoms with van der Waals surface area (Å²) < 4.78 is 5.52. The molecular formula is C12H24N2O. The van der Waals surface area contributed by atoms with Gasteiger partial charge < -0.3 is 10.5 Å². The average molecular weight is 212 g/mol. The molecule has 0 aromatic heterocycles. The molecule has 2 fully saturated rings. The van der Waals surface area contributed by atoms with Crippen molar-refractivity contribution in [3.8, 4) is 0 Å². The van der Waals surface area contributed by atoms with Crippen LogP contribution in [0.2, 0.25) is 0 Å². The van der Waals surface area contributed by atoms with E-state index in [1.165, 1.54) is 32.2 Å². The van der Waals surface area contributed by atoms with Crippen LogP contribution in [0.15, 0.2) is 0 Å². The lowest BCUT2D eigenvalue weighted by atomic mass is 9.95. The molecule has 2 aliphatic rings. The van der Waals surface area contributed by atoms with Crippen molar-refractivity contribution in [3.05, 3.63) is 0 Å². The van der Waals surface area contributed by atoms with Crippen LogP contribution in [0.3, 0.4) is 0 Å². The fraction of sp³-hybridized carbons (Fsp3) is 1.00. The van der Waals surface area contributed by atoms with Gasteiger partial charge >= 0.3 is 0 Å². The van der Waals surface area contributed by atoms with Crippen LogP contribution in [0.5, 0.6) is 0 Å². The molecule has 1 aliphatic heterocycles. The molecule has 1 unspecified atom stereocenters. The van der Waals surface area contributed by atoms with Crippen molar-refractivity contribution in [2.45, 2.75) is 37.6 Å². The van der Waals surface area contributed by atoms with E-state index in [2.05, 4.69) is 11.9 Å². The second kappa shape index (κ2) is 4.81. The van der Waals surface area contributed by atoms with E-state index in [4.69, 9.17) is 10.5 Å². The van der Waals surface area contributed by atoms with Crippen molar-refractivity contribution in [3.63, 3.8) is 0 Å². The maximum Gasteiger partial charge on any atom is 0.0663 e. The summed E-state index contributed by atoms with van der Waals surface area (Å²) in [6.45, 7) is 3.65. The molecule has 0 aromatic rings. The number of rotatable bonds is 4. The third kappa shape index (κ3) is 2.35. The molecular weight excluding hydrogens is 188 g/mol.